The van der Waals surface area contributed by atoms with Gasteiger partial charge in [-0.2, -0.15) is 0 Å². The second-order valence-electron chi connectivity index (χ2n) is 5.81. The molecule has 0 aliphatic heterocycles. The largest absolute Gasteiger partial charge is 0.497 e. The van der Waals surface area contributed by atoms with Gasteiger partial charge >= 0.3 is 0 Å². The van der Waals surface area contributed by atoms with Crippen LogP contribution < -0.4 is 4.74 Å². The van der Waals surface area contributed by atoms with Gasteiger partial charge in [-0.1, -0.05) is 36.8 Å². The lowest BCUT2D eigenvalue weighted by atomic mass is 9.60. The smallest absolute Gasteiger partial charge is 0.173 e. The first-order valence-electron chi connectivity index (χ1n) is 7.42. The Labute approximate surface area is 125 Å². The van der Waals surface area contributed by atoms with E-state index in [1.54, 1.807) is 7.11 Å². The van der Waals surface area contributed by atoms with E-state index in [4.69, 9.17) is 4.74 Å². The summed E-state index contributed by atoms with van der Waals surface area (Å²) in [7, 11) is 1.65. The van der Waals surface area contributed by atoms with Crippen molar-refractivity contribution in [2.75, 3.05) is 7.11 Å². The van der Waals surface area contributed by atoms with Crippen LogP contribution in [0.2, 0.25) is 0 Å². The van der Waals surface area contributed by atoms with E-state index in [-0.39, 0.29) is 11.2 Å². The summed E-state index contributed by atoms with van der Waals surface area (Å²) >= 11 is 0. The molecule has 0 heterocycles. The van der Waals surface area contributed by atoms with Gasteiger partial charge in [0.05, 0.1) is 12.5 Å². The Kier molecular flexibility index (Phi) is 3.54. The van der Waals surface area contributed by atoms with Crippen LogP contribution >= 0.6 is 0 Å². The molecule has 0 atom stereocenters. The molecule has 3 rings (SSSR count). The lowest BCUT2D eigenvalue weighted by Crippen LogP contribution is -2.42. The van der Waals surface area contributed by atoms with Gasteiger partial charge in [-0.15, -0.1) is 0 Å². The average molecular weight is 280 g/mol. The molecular weight excluding hydrogens is 260 g/mol. The molecule has 0 unspecified atom stereocenters. The number of hydrogen-bond acceptors (Lipinski definition) is 2. The van der Waals surface area contributed by atoms with E-state index in [1.807, 2.05) is 43.3 Å². The Morgan fingerprint density at radius 1 is 1.10 bits per heavy atom. The molecule has 0 radical (unpaired) electrons. The summed E-state index contributed by atoms with van der Waals surface area (Å²) in [5.74, 6) is 1.05. The van der Waals surface area contributed by atoms with Gasteiger partial charge in [0.15, 0.2) is 5.78 Å². The van der Waals surface area contributed by atoms with Crippen LogP contribution in [0.5, 0.6) is 5.75 Å². The molecule has 1 fully saturated rings. The van der Waals surface area contributed by atoms with Crippen molar-refractivity contribution in [1.82, 2.24) is 0 Å². The summed E-state index contributed by atoms with van der Waals surface area (Å²) in [5.41, 5.74) is 2.64. The molecule has 1 aliphatic rings. The number of carbonyl (C=O) groups is 1. The van der Waals surface area contributed by atoms with Gasteiger partial charge in [0.2, 0.25) is 0 Å². The molecule has 0 N–H and O–H groups in total. The fourth-order valence-corrected chi connectivity index (χ4v) is 3.21. The van der Waals surface area contributed by atoms with Crippen molar-refractivity contribution >= 4 is 5.78 Å². The predicted octanol–water partition coefficient (Wildman–Crippen LogP) is 4.31. The number of Topliss-reactive ketones (excluding diaryl/α,β-unsaturated/α-hetero) is 1. The maximum Gasteiger partial charge on any atom is 0.173 e. The van der Waals surface area contributed by atoms with Gasteiger partial charge < -0.3 is 4.74 Å². The summed E-state index contributed by atoms with van der Waals surface area (Å²) in [6.45, 7) is 1.98. The fraction of sp³-hybridized carbons (Fsp3) is 0.316. The Morgan fingerprint density at radius 3 is 2.33 bits per heavy atom. The summed E-state index contributed by atoms with van der Waals surface area (Å²) in [6, 6.07) is 15.9. The minimum Gasteiger partial charge on any atom is -0.497 e. The Bertz CT molecular complexity index is 655. The maximum absolute atomic E-state index is 13.1. The van der Waals surface area contributed by atoms with Gasteiger partial charge in [0.1, 0.15) is 5.75 Å². The second kappa shape index (κ2) is 5.36. The third-order valence-corrected chi connectivity index (χ3v) is 4.65. The highest BCUT2D eigenvalue weighted by molar-refractivity contribution is 6.05. The molecule has 2 nitrogen and oxygen atoms in total. The maximum atomic E-state index is 13.1. The van der Waals surface area contributed by atoms with Gasteiger partial charge in [-0.3, -0.25) is 4.79 Å². The molecule has 21 heavy (non-hydrogen) atoms. The monoisotopic (exact) mass is 280 g/mol. The quantitative estimate of drug-likeness (QED) is 0.780. The first-order valence-corrected chi connectivity index (χ1v) is 7.42. The summed E-state index contributed by atoms with van der Waals surface area (Å²) in [5, 5.41) is 0. The number of ketones is 1. The predicted molar refractivity (Wildman–Crippen MR) is 84.0 cm³/mol. The molecule has 2 heteroatoms. The molecule has 0 saturated heterocycles. The zero-order chi connectivity index (χ0) is 14.9. The molecule has 108 valence electrons. The number of carbonyl (C=O) groups excluding carboxylic acids is 1. The van der Waals surface area contributed by atoms with Gasteiger partial charge in [0, 0.05) is 5.56 Å². The van der Waals surface area contributed by atoms with E-state index in [1.165, 1.54) is 0 Å². The fourth-order valence-electron chi connectivity index (χ4n) is 3.21. The average Bonchev–Trinajstić information content (AvgIpc) is 2.47. The first kappa shape index (κ1) is 13.9. The summed E-state index contributed by atoms with van der Waals surface area (Å²) in [6.07, 6.45) is 3.01. The van der Waals surface area contributed by atoms with Crippen LogP contribution in [0.25, 0.3) is 0 Å². The highest BCUT2D eigenvalue weighted by atomic mass is 16.5. The van der Waals surface area contributed by atoms with Crippen LogP contribution in [-0.4, -0.2) is 12.9 Å². The highest BCUT2D eigenvalue weighted by Crippen LogP contribution is 2.46. The van der Waals surface area contributed by atoms with Crippen LogP contribution in [0.15, 0.2) is 48.5 Å². The van der Waals surface area contributed by atoms with Gasteiger partial charge in [-0.25, -0.2) is 0 Å². The molecule has 0 spiro atoms. The van der Waals surface area contributed by atoms with E-state index in [0.29, 0.717) is 0 Å². The second-order valence-corrected chi connectivity index (χ2v) is 5.81. The minimum absolute atomic E-state index is 0.250. The van der Waals surface area contributed by atoms with Crippen molar-refractivity contribution in [2.24, 2.45) is 0 Å². The topological polar surface area (TPSA) is 26.3 Å². The van der Waals surface area contributed by atoms with Crippen LogP contribution in [0.4, 0.5) is 0 Å². The molecule has 0 aromatic heterocycles. The number of methoxy groups -OCH3 is 1. The van der Waals surface area contributed by atoms with Crippen LogP contribution in [-0.2, 0) is 5.41 Å². The highest BCUT2D eigenvalue weighted by Gasteiger charge is 2.45. The van der Waals surface area contributed by atoms with Crippen molar-refractivity contribution in [3.63, 3.8) is 0 Å². The van der Waals surface area contributed by atoms with E-state index in [9.17, 15) is 4.79 Å². The number of ether oxygens (including phenoxy) is 1. The lowest BCUT2D eigenvalue weighted by molar-refractivity contribution is 0.0788. The van der Waals surface area contributed by atoms with Crippen molar-refractivity contribution in [3.05, 3.63) is 65.2 Å². The zero-order valence-electron chi connectivity index (χ0n) is 12.6. The minimum atomic E-state index is -0.319. The van der Waals surface area contributed by atoms with Crippen molar-refractivity contribution in [3.8, 4) is 5.75 Å². The number of aryl methyl sites for hydroxylation is 1. The van der Waals surface area contributed by atoms with Gasteiger partial charge in [0.25, 0.3) is 0 Å². The number of benzene rings is 2. The Balaban J connectivity index is 2.01. The van der Waals surface area contributed by atoms with E-state index in [2.05, 4.69) is 12.1 Å². The Morgan fingerprint density at radius 2 is 1.81 bits per heavy atom. The molecular formula is C19H20O2. The van der Waals surface area contributed by atoms with Crippen LogP contribution in [0.3, 0.4) is 0 Å². The normalized spacial score (nSPS) is 16.1. The third kappa shape index (κ3) is 2.25. The first-order chi connectivity index (χ1) is 10.2. The Hall–Kier alpha value is -2.09. The third-order valence-electron chi connectivity index (χ3n) is 4.65. The summed E-state index contributed by atoms with van der Waals surface area (Å²) < 4.78 is 5.23. The van der Waals surface area contributed by atoms with Gasteiger partial charge in [-0.05, 0) is 49.1 Å². The van der Waals surface area contributed by atoms with E-state index < -0.39 is 0 Å². The summed E-state index contributed by atoms with van der Waals surface area (Å²) in [4.78, 5) is 13.1. The van der Waals surface area contributed by atoms with Crippen LogP contribution in [0.1, 0.15) is 40.7 Å². The zero-order valence-corrected chi connectivity index (χ0v) is 12.6. The number of rotatable bonds is 4. The molecule has 1 saturated carbocycles. The molecule has 0 amide bonds. The van der Waals surface area contributed by atoms with Crippen molar-refractivity contribution in [1.29, 1.82) is 0 Å². The van der Waals surface area contributed by atoms with E-state index in [0.717, 1.165) is 41.7 Å². The SMILES string of the molecule is COc1ccc(C(=O)C2(c3ccccc3)CCC2)c(C)c1. The van der Waals surface area contributed by atoms with Crippen molar-refractivity contribution in [2.45, 2.75) is 31.6 Å². The standard InChI is InChI=1S/C19H20O2/c1-14-13-16(21-2)9-10-17(14)18(20)19(11-6-12-19)15-7-4-3-5-8-15/h3-5,7-10,13H,6,11-12H2,1-2H3. The molecule has 2 aromatic rings. The van der Waals surface area contributed by atoms with E-state index >= 15 is 0 Å². The molecule has 2 aromatic carbocycles. The van der Waals surface area contributed by atoms with Crippen molar-refractivity contribution < 1.29 is 9.53 Å². The molecule has 0 bridgehead atoms. The number of hydrogen-bond donors (Lipinski definition) is 0. The molecule has 1 aliphatic carbocycles. The van der Waals surface area contributed by atoms with Crippen LogP contribution in [0, 0.1) is 6.92 Å². The lowest BCUT2D eigenvalue weighted by Gasteiger charge is -2.41.